The first-order valence-corrected chi connectivity index (χ1v) is 11.1. The number of ether oxygens (including phenoxy) is 2. The molecule has 0 atom stereocenters. The van der Waals surface area contributed by atoms with Gasteiger partial charge in [0, 0.05) is 0 Å². The van der Waals surface area contributed by atoms with Crippen molar-refractivity contribution in [3.8, 4) is 23.1 Å². The molecular weight excluding hydrogens is 458 g/mol. The minimum Gasteiger partial charge on any atom is -0.493 e. The summed E-state index contributed by atoms with van der Waals surface area (Å²) < 4.78 is 17.7. The molecule has 178 valence electrons. The molecule has 0 aliphatic carbocycles. The number of nitrogens with zero attached hydrogens (tertiary/aromatic N) is 3. The second kappa shape index (κ2) is 9.71. The molecule has 3 aromatic carbocycles. The molecule has 5 rings (SSSR count). The second-order valence-electron chi connectivity index (χ2n) is 7.96. The highest BCUT2D eigenvalue weighted by atomic mass is 16.6. The van der Waals surface area contributed by atoms with Gasteiger partial charge in [0.25, 0.3) is 5.56 Å². The Balaban J connectivity index is 1.49. The van der Waals surface area contributed by atoms with Crippen LogP contribution in [-0.2, 0) is 0 Å². The molecule has 2 aromatic heterocycles. The van der Waals surface area contributed by atoms with E-state index >= 15 is 0 Å². The second-order valence-corrected chi connectivity index (χ2v) is 7.96. The summed E-state index contributed by atoms with van der Waals surface area (Å²) >= 11 is 0. The van der Waals surface area contributed by atoms with Crippen molar-refractivity contribution in [2.24, 2.45) is 5.10 Å². The van der Waals surface area contributed by atoms with Crippen LogP contribution in [0.15, 0.2) is 99.4 Å². The number of furan rings is 1. The van der Waals surface area contributed by atoms with Crippen LogP contribution in [0.4, 0.5) is 0 Å². The minimum absolute atomic E-state index is 0.266. The van der Waals surface area contributed by atoms with Crippen molar-refractivity contribution in [1.82, 2.24) is 9.66 Å². The molecule has 0 saturated heterocycles. The largest absolute Gasteiger partial charge is 0.493 e. The minimum atomic E-state index is -0.490. The van der Waals surface area contributed by atoms with Gasteiger partial charge < -0.3 is 13.9 Å². The summed E-state index contributed by atoms with van der Waals surface area (Å²) in [6.07, 6.45) is 3.01. The maximum Gasteiger partial charge on any atom is 0.343 e. The van der Waals surface area contributed by atoms with Crippen molar-refractivity contribution < 1.29 is 18.7 Å². The van der Waals surface area contributed by atoms with Crippen molar-refractivity contribution in [3.05, 3.63) is 112 Å². The van der Waals surface area contributed by atoms with Gasteiger partial charge in [0.05, 0.1) is 36.1 Å². The molecule has 0 aliphatic rings. The number of hydrogen-bond acceptors (Lipinski definition) is 7. The number of fused-ring (bicyclic) bond motifs is 1. The maximum absolute atomic E-state index is 13.2. The molecule has 0 N–H and O–H groups in total. The third-order valence-corrected chi connectivity index (χ3v) is 5.46. The van der Waals surface area contributed by atoms with Gasteiger partial charge in [0.1, 0.15) is 0 Å². The van der Waals surface area contributed by atoms with Gasteiger partial charge >= 0.3 is 5.97 Å². The van der Waals surface area contributed by atoms with Crippen molar-refractivity contribution >= 4 is 23.1 Å². The Morgan fingerprint density at radius 1 is 1.00 bits per heavy atom. The molecule has 0 amide bonds. The smallest absolute Gasteiger partial charge is 0.343 e. The van der Waals surface area contributed by atoms with Crippen LogP contribution in [0.2, 0.25) is 0 Å². The molecule has 8 nitrogen and oxygen atoms in total. The first-order chi connectivity index (χ1) is 17.5. The van der Waals surface area contributed by atoms with Crippen LogP contribution >= 0.6 is 0 Å². The lowest BCUT2D eigenvalue weighted by molar-refractivity contribution is 0.0729. The van der Waals surface area contributed by atoms with E-state index in [1.165, 1.54) is 24.3 Å². The SMILES string of the molecule is COc1cc(C=Nn2c(-c3ccco3)nc3ccccc3c2=O)ccc1OC(=O)c1cccc(C)c1. The molecule has 0 fully saturated rings. The van der Waals surface area contributed by atoms with Crippen LogP contribution in [-0.4, -0.2) is 29.0 Å². The normalized spacial score (nSPS) is 11.2. The standard InChI is InChI=1S/C28H21N3O5/c1-18-7-5-8-20(15-18)28(33)36-23-13-12-19(16-25(23)34-2)17-29-31-26(24-11-6-14-35-24)30-22-10-4-3-9-21(22)27(31)32/h3-17H,1-2H3. The Labute approximate surface area is 206 Å². The van der Waals surface area contributed by atoms with E-state index in [-0.39, 0.29) is 17.1 Å². The number of para-hydroxylation sites is 1. The number of rotatable bonds is 6. The summed E-state index contributed by atoms with van der Waals surface area (Å²) in [4.78, 5) is 30.4. The Hall–Kier alpha value is -4.98. The van der Waals surface area contributed by atoms with Crippen LogP contribution in [0, 0.1) is 6.92 Å². The Bertz CT molecular complexity index is 1650. The van der Waals surface area contributed by atoms with Crippen molar-refractivity contribution in [2.45, 2.75) is 6.92 Å². The fraction of sp³-hybridized carbons (Fsp3) is 0.0714. The van der Waals surface area contributed by atoms with E-state index in [9.17, 15) is 9.59 Å². The Morgan fingerprint density at radius 3 is 2.64 bits per heavy atom. The van der Waals surface area contributed by atoms with Gasteiger partial charge in [-0.2, -0.15) is 9.78 Å². The topological polar surface area (TPSA) is 95.9 Å². The zero-order valence-electron chi connectivity index (χ0n) is 19.5. The first kappa shape index (κ1) is 22.8. The van der Waals surface area contributed by atoms with Crippen LogP contribution in [0.1, 0.15) is 21.5 Å². The van der Waals surface area contributed by atoms with Gasteiger partial charge in [-0.3, -0.25) is 4.79 Å². The molecule has 5 aromatic rings. The van der Waals surface area contributed by atoms with Gasteiger partial charge in [-0.15, -0.1) is 0 Å². The highest BCUT2D eigenvalue weighted by Gasteiger charge is 2.15. The fourth-order valence-electron chi connectivity index (χ4n) is 3.70. The van der Waals surface area contributed by atoms with E-state index in [2.05, 4.69) is 10.1 Å². The average Bonchev–Trinajstić information content (AvgIpc) is 3.43. The molecule has 8 heteroatoms. The summed E-state index contributed by atoms with van der Waals surface area (Å²) in [5, 5.41) is 4.83. The molecule has 0 saturated carbocycles. The number of carbonyl (C=O) groups excluding carboxylic acids is 1. The molecule has 0 unspecified atom stereocenters. The highest BCUT2D eigenvalue weighted by molar-refractivity contribution is 5.92. The van der Waals surface area contributed by atoms with E-state index < -0.39 is 5.97 Å². The van der Waals surface area contributed by atoms with Crippen LogP contribution in [0.5, 0.6) is 11.5 Å². The molecule has 0 aliphatic heterocycles. The summed E-state index contributed by atoms with van der Waals surface area (Å²) in [7, 11) is 1.48. The predicted molar refractivity (Wildman–Crippen MR) is 136 cm³/mol. The van der Waals surface area contributed by atoms with Gasteiger partial charge in [-0.25, -0.2) is 9.78 Å². The average molecular weight is 479 g/mol. The summed E-state index contributed by atoms with van der Waals surface area (Å²) in [6, 6.07) is 22.6. The Morgan fingerprint density at radius 2 is 1.86 bits per heavy atom. The van der Waals surface area contributed by atoms with Crippen LogP contribution < -0.4 is 15.0 Å². The maximum atomic E-state index is 13.2. The van der Waals surface area contributed by atoms with Gasteiger partial charge in [-0.1, -0.05) is 29.8 Å². The lowest BCUT2D eigenvalue weighted by Gasteiger charge is -2.10. The van der Waals surface area contributed by atoms with Crippen LogP contribution in [0.3, 0.4) is 0 Å². The number of benzene rings is 3. The Kier molecular flexibility index (Phi) is 6.15. The quantitative estimate of drug-likeness (QED) is 0.192. The predicted octanol–water partition coefficient (Wildman–Crippen LogP) is 5.07. The van der Waals surface area contributed by atoms with E-state index in [1.807, 2.05) is 19.1 Å². The fourth-order valence-corrected chi connectivity index (χ4v) is 3.70. The molecule has 2 heterocycles. The number of aromatic nitrogens is 2. The number of aryl methyl sites for hydroxylation is 1. The highest BCUT2D eigenvalue weighted by Crippen LogP contribution is 2.28. The molecule has 0 radical (unpaired) electrons. The molecule has 0 spiro atoms. The third-order valence-electron chi connectivity index (χ3n) is 5.46. The van der Waals surface area contributed by atoms with Gasteiger partial charge in [-0.05, 0) is 67.1 Å². The number of methoxy groups -OCH3 is 1. The third kappa shape index (κ3) is 4.52. The summed E-state index contributed by atoms with van der Waals surface area (Å²) in [5.74, 6) is 0.800. The lowest BCUT2D eigenvalue weighted by atomic mass is 10.1. The number of hydrogen-bond donors (Lipinski definition) is 0. The lowest BCUT2D eigenvalue weighted by Crippen LogP contribution is -2.20. The van der Waals surface area contributed by atoms with Crippen LogP contribution in [0.25, 0.3) is 22.5 Å². The zero-order valence-corrected chi connectivity index (χ0v) is 19.5. The van der Waals surface area contributed by atoms with E-state index in [1.54, 1.807) is 66.7 Å². The first-order valence-electron chi connectivity index (χ1n) is 11.1. The van der Waals surface area contributed by atoms with Crippen molar-refractivity contribution in [3.63, 3.8) is 0 Å². The monoisotopic (exact) mass is 479 g/mol. The van der Waals surface area contributed by atoms with E-state index in [0.717, 1.165) is 5.56 Å². The van der Waals surface area contributed by atoms with Crippen molar-refractivity contribution in [1.29, 1.82) is 0 Å². The number of esters is 1. The zero-order chi connectivity index (χ0) is 25.1. The van der Waals surface area contributed by atoms with E-state index in [4.69, 9.17) is 13.9 Å². The number of carbonyl (C=O) groups is 1. The van der Waals surface area contributed by atoms with Crippen molar-refractivity contribution in [2.75, 3.05) is 7.11 Å². The summed E-state index contributed by atoms with van der Waals surface area (Å²) in [5.41, 5.74) is 2.22. The molecular formula is C28H21N3O5. The van der Waals surface area contributed by atoms with E-state index in [0.29, 0.717) is 33.5 Å². The molecule has 0 bridgehead atoms. The van der Waals surface area contributed by atoms with Gasteiger partial charge in [0.15, 0.2) is 17.3 Å². The molecule has 36 heavy (non-hydrogen) atoms. The summed E-state index contributed by atoms with van der Waals surface area (Å²) in [6.45, 7) is 1.90. The van der Waals surface area contributed by atoms with Gasteiger partial charge in [0.2, 0.25) is 5.82 Å².